The van der Waals surface area contributed by atoms with Gasteiger partial charge in [0.2, 0.25) is 0 Å². The molecule has 130 valence electrons. The number of aromatic nitrogens is 4. The molecule has 4 rings (SSSR count). The van der Waals surface area contributed by atoms with Crippen LogP contribution in [-0.4, -0.2) is 50.7 Å². The number of hydrogen-bond donors (Lipinski definition) is 0. The molecule has 0 N–H and O–H groups in total. The predicted molar refractivity (Wildman–Crippen MR) is 97.2 cm³/mol. The Morgan fingerprint density at radius 2 is 1.88 bits per heavy atom. The predicted octanol–water partition coefficient (Wildman–Crippen LogP) is 2.91. The van der Waals surface area contributed by atoms with Crippen LogP contribution in [0.3, 0.4) is 0 Å². The van der Waals surface area contributed by atoms with Gasteiger partial charge in [-0.3, -0.25) is 4.90 Å². The van der Waals surface area contributed by atoms with Crippen LogP contribution in [0.1, 0.15) is 25.5 Å². The third kappa shape index (κ3) is 3.15. The minimum atomic E-state index is 0.316. The number of nitrogens with zero attached hydrogens (tertiary/aromatic N) is 5. The maximum Gasteiger partial charge on any atom is 0.164 e. The van der Waals surface area contributed by atoms with Crippen molar-refractivity contribution in [2.24, 2.45) is 0 Å². The van der Waals surface area contributed by atoms with E-state index >= 15 is 0 Å². The molecule has 0 spiro atoms. The SMILES string of the molecule is CC(C)n1cnc2c(-c3ccccc3CN3CCOCC3)ncnc21. The van der Waals surface area contributed by atoms with Gasteiger partial charge in [0.05, 0.1) is 19.5 Å². The molecule has 0 bridgehead atoms. The smallest absolute Gasteiger partial charge is 0.164 e. The Morgan fingerprint density at radius 3 is 2.68 bits per heavy atom. The van der Waals surface area contributed by atoms with Crippen LogP contribution in [0.25, 0.3) is 22.4 Å². The van der Waals surface area contributed by atoms with Gasteiger partial charge in [0.25, 0.3) is 0 Å². The first-order valence-electron chi connectivity index (χ1n) is 8.80. The number of rotatable bonds is 4. The molecule has 0 atom stereocenters. The normalized spacial score (nSPS) is 16.0. The molecule has 3 aromatic rings. The number of imidazole rings is 1. The van der Waals surface area contributed by atoms with Crippen LogP contribution < -0.4 is 0 Å². The van der Waals surface area contributed by atoms with Gasteiger partial charge in [-0.05, 0) is 19.4 Å². The minimum absolute atomic E-state index is 0.316. The van der Waals surface area contributed by atoms with Gasteiger partial charge in [0.15, 0.2) is 5.65 Å². The largest absolute Gasteiger partial charge is 0.379 e. The van der Waals surface area contributed by atoms with E-state index in [1.165, 1.54) is 5.56 Å². The van der Waals surface area contributed by atoms with Crippen molar-refractivity contribution in [3.05, 3.63) is 42.5 Å². The van der Waals surface area contributed by atoms with E-state index in [1.54, 1.807) is 6.33 Å². The molecule has 1 fully saturated rings. The minimum Gasteiger partial charge on any atom is -0.379 e. The molecule has 25 heavy (non-hydrogen) atoms. The average Bonchev–Trinajstić information content (AvgIpc) is 3.08. The number of ether oxygens (including phenoxy) is 1. The van der Waals surface area contributed by atoms with E-state index in [0.717, 1.165) is 55.3 Å². The standard InChI is InChI=1S/C19H23N5O/c1-14(2)24-13-22-18-17(20-12-21-19(18)24)16-6-4-3-5-15(16)11-23-7-9-25-10-8-23/h3-6,12-14H,7-11H2,1-2H3. The highest BCUT2D eigenvalue weighted by atomic mass is 16.5. The van der Waals surface area contributed by atoms with Gasteiger partial charge in [0.1, 0.15) is 17.5 Å². The van der Waals surface area contributed by atoms with Gasteiger partial charge in [0, 0.05) is 31.2 Å². The van der Waals surface area contributed by atoms with E-state index in [1.807, 2.05) is 6.33 Å². The molecule has 0 radical (unpaired) electrons. The summed E-state index contributed by atoms with van der Waals surface area (Å²) in [5, 5.41) is 0. The molecule has 1 aliphatic heterocycles. The summed E-state index contributed by atoms with van der Waals surface area (Å²) >= 11 is 0. The van der Waals surface area contributed by atoms with Crippen molar-refractivity contribution in [3.8, 4) is 11.3 Å². The van der Waals surface area contributed by atoms with E-state index in [4.69, 9.17) is 4.74 Å². The highest BCUT2D eigenvalue weighted by Gasteiger charge is 2.17. The zero-order valence-electron chi connectivity index (χ0n) is 14.7. The molecule has 1 saturated heterocycles. The highest BCUT2D eigenvalue weighted by molar-refractivity contribution is 5.88. The third-order valence-corrected chi connectivity index (χ3v) is 4.69. The maximum absolute atomic E-state index is 5.46. The summed E-state index contributed by atoms with van der Waals surface area (Å²) in [5.74, 6) is 0. The Morgan fingerprint density at radius 1 is 1.08 bits per heavy atom. The second kappa shape index (κ2) is 6.90. The van der Waals surface area contributed by atoms with Crippen LogP contribution in [0.2, 0.25) is 0 Å². The third-order valence-electron chi connectivity index (χ3n) is 4.69. The van der Waals surface area contributed by atoms with Crippen LogP contribution in [0.5, 0.6) is 0 Å². The van der Waals surface area contributed by atoms with E-state index < -0.39 is 0 Å². The van der Waals surface area contributed by atoms with Crippen LogP contribution in [0.4, 0.5) is 0 Å². The molecule has 0 aliphatic carbocycles. The molecule has 0 saturated carbocycles. The van der Waals surface area contributed by atoms with E-state index in [9.17, 15) is 0 Å². The lowest BCUT2D eigenvalue weighted by molar-refractivity contribution is 0.0342. The summed E-state index contributed by atoms with van der Waals surface area (Å²) in [6.07, 6.45) is 3.50. The molecule has 0 amide bonds. The summed E-state index contributed by atoms with van der Waals surface area (Å²) in [6, 6.07) is 8.77. The topological polar surface area (TPSA) is 56.1 Å². The zero-order chi connectivity index (χ0) is 17.2. The molecule has 2 aromatic heterocycles. The summed E-state index contributed by atoms with van der Waals surface area (Å²) < 4.78 is 7.55. The van der Waals surface area contributed by atoms with Crippen molar-refractivity contribution in [1.82, 2.24) is 24.4 Å². The number of benzene rings is 1. The quantitative estimate of drug-likeness (QED) is 0.733. The summed E-state index contributed by atoms with van der Waals surface area (Å²) in [5.41, 5.74) is 5.07. The number of hydrogen-bond acceptors (Lipinski definition) is 5. The van der Waals surface area contributed by atoms with Crippen molar-refractivity contribution in [2.45, 2.75) is 26.4 Å². The second-order valence-electron chi connectivity index (χ2n) is 6.69. The fourth-order valence-corrected chi connectivity index (χ4v) is 3.32. The molecule has 6 heteroatoms. The van der Waals surface area contributed by atoms with E-state index in [-0.39, 0.29) is 0 Å². The second-order valence-corrected chi connectivity index (χ2v) is 6.69. The molecule has 1 aromatic carbocycles. The first-order chi connectivity index (χ1) is 12.2. The Labute approximate surface area is 147 Å². The summed E-state index contributed by atoms with van der Waals surface area (Å²) in [7, 11) is 0. The maximum atomic E-state index is 5.46. The molecular weight excluding hydrogens is 314 g/mol. The van der Waals surface area contributed by atoms with Gasteiger partial charge in [-0.25, -0.2) is 15.0 Å². The van der Waals surface area contributed by atoms with Crippen LogP contribution in [-0.2, 0) is 11.3 Å². The van der Waals surface area contributed by atoms with Gasteiger partial charge < -0.3 is 9.30 Å². The molecular formula is C19H23N5O. The van der Waals surface area contributed by atoms with Gasteiger partial charge in [-0.2, -0.15) is 0 Å². The Balaban J connectivity index is 1.76. The fraction of sp³-hybridized carbons (Fsp3) is 0.421. The molecule has 6 nitrogen and oxygen atoms in total. The first kappa shape index (κ1) is 16.2. The highest BCUT2D eigenvalue weighted by Crippen LogP contribution is 2.29. The zero-order valence-corrected chi connectivity index (χ0v) is 14.7. The van der Waals surface area contributed by atoms with Crippen molar-refractivity contribution in [2.75, 3.05) is 26.3 Å². The number of fused-ring (bicyclic) bond motifs is 1. The van der Waals surface area contributed by atoms with Crippen molar-refractivity contribution in [1.29, 1.82) is 0 Å². The van der Waals surface area contributed by atoms with Gasteiger partial charge >= 0.3 is 0 Å². The van der Waals surface area contributed by atoms with Gasteiger partial charge in [-0.15, -0.1) is 0 Å². The lowest BCUT2D eigenvalue weighted by Gasteiger charge is -2.27. The fourth-order valence-electron chi connectivity index (χ4n) is 3.32. The number of morpholine rings is 1. The van der Waals surface area contributed by atoms with E-state index in [0.29, 0.717) is 6.04 Å². The van der Waals surface area contributed by atoms with Crippen molar-refractivity contribution >= 4 is 11.2 Å². The Bertz CT molecular complexity index is 867. The molecule has 1 aliphatic rings. The van der Waals surface area contributed by atoms with Crippen molar-refractivity contribution in [3.63, 3.8) is 0 Å². The van der Waals surface area contributed by atoms with Crippen LogP contribution in [0.15, 0.2) is 36.9 Å². The van der Waals surface area contributed by atoms with Crippen molar-refractivity contribution < 1.29 is 4.74 Å². The lowest BCUT2D eigenvalue weighted by atomic mass is 10.0. The van der Waals surface area contributed by atoms with Crippen LogP contribution in [0, 0.1) is 0 Å². The average molecular weight is 337 g/mol. The van der Waals surface area contributed by atoms with Gasteiger partial charge in [-0.1, -0.05) is 24.3 Å². The Kier molecular flexibility index (Phi) is 4.46. The molecule has 0 unspecified atom stereocenters. The monoisotopic (exact) mass is 337 g/mol. The summed E-state index contributed by atoms with van der Waals surface area (Å²) in [6.45, 7) is 8.71. The summed E-state index contributed by atoms with van der Waals surface area (Å²) in [4.78, 5) is 16.1. The Hall–Kier alpha value is -2.31. The first-order valence-corrected chi connectivity index (χ1v) is 8.80. The van der Waals surface area contributed by atoms with Crippen LogP contribution >= 0.6 is 0 Å². The van der Waals surface area contributed by atoms with E-state index in [2.05, 4.69) is 62.5 Å². The lowest BCUT2D eigenvalue weighted by Crippen LogP contribution is -2.35. The molecule has 3 heterocycles.